The molecule has 6 heteroatoms. The van der Waals surface area contributed by atoms with Crippen LogP contribution in [0.5, 0.6) is 11.5 Å². The van der Waals surface area contributed by atoms with E-state index in [9.17, 15) is 9.90 Å². The van der Waals surface area contributed by atoms with Gasteiger partial charge in [-0.2, -0.15) is 0 Å². The summed E-state index contributed by atoms with van der Waals surface area (Å²) >= 11 is 0. The van der Waals surface area contributed by atoms with E-state index >= 15 is 0 Å². The van der Waals surface area contributed by atoms with Gasteiger partial charge in [-0.05, 0) is 55.5 Å². The number of aliphatic hydroxyl groups is 1. The number of carbonyl (C=O) groups is 1. The molecule has 0 aliphatic rings. The Morgan fingerprint density at radius 2 is 1.52 bits per heavy atom. The van der Waals surface area contributed by atoms with E-state index in [1.54, 1.807) is 62.8 Å². The molecule has 0 radical (unpaired) electrons. The van der Waals surface area contributed by atoms with Gasteiger partial charge < -0.3 is 19.9 Å². The lowest BCUT2D eigenvalue weighted by Crippen LogP contribution is -2.16. The summed E-state index contributed by atoms with van der Waals surface area (Å²) in [7, 11) is 3.15. The molecule has 2 N–H and O–H groups in total. The van der Waals surface area contributed by atoms with Crippen LogP contribution in [-0.2, 0) is 4.79 Å². The number of anilines is 1. The molecule has 0 saturated carbocycles. The largest absolute Gasteiger partial charge is 0.512 e. The van der Waals surface area contributed by atoms with Gasteiger partial charge >= 0.3 is 0 Å². The number of rotatable bonds is 6. The second kappa shape index (κ2) is 8.54. The van der Waals surface area contributed by atoms with E-state index in [2.05, 4.69) is 10.3 Å². The van der Waals surface area contributed by atoms with Crippen molar-refractivity contribution in [3.63, 3.8) is 0 Å². The second-order valence-corrected chi connectivity index (χ2v) is 5.14. The van der Waals surface area contributed by atoms with Gasteiger partial charge in [0.05, 0.1) is 25.5 Å². The Balaban J connectivity index is 2.12. The number of amides is 1. The number of aliphatic hydroxyl groups excluding tert-OH is 1. The quantitative estimate of drug-likeness (QED) is 0.475. The van der Waals surface area contributed by atoms with Gasteiger partial charge in [-0.1, -0.05) is 0 Å². The molecule has 6 nitrogen and oxygen atoms in total. The van der Waals surface area contributed by atoms with Crippen molar-refractivity contribution in [2.45, 2.75) is 6.92 Å². The lowest BCUT2D eigenvalue weighted by Gasteiger charge is -2.07. The highest BCUT2D eigenvalue weighted by molar-refractivity contribution is 6.18. The van der Waals surface area contributed by atoms with Crippen molar-refractivity contribution in [1.29, 1.82) is 0 Å². The maximum atomic E-state index is 12.4. The lowest BCUT2D eigenvalue weighted by molar-refractivity contribution is -0.112. The van der Waals surface area contributed by atoms with Crippen LogP contribution in [0.15, 0.2) is 64.9 Å². The minimum Gasteiger partial charge on any atom is -0.512 e. The topological polar surface area (TPSA) is 80.2 Å². The zero-order valence-corrected chi connectivity index (χ0v) is 14.3. The van der Waals surface area contributed by atoms with Crippen molar-refractivity contribution < 1.29 is 19.4 Å². The molecule has 1 amide bonds. The molecule has 0 saturated heterocycles. The highest BCUT2D eigenvalue weighted by Gasteiger charge is 2.11. The van der Waals surface area contributed by atoms with Gasteiger partial charge in [0.25, 0.3) is 5.91 Å². The predicted octanol–water partition coefficient (Wildman–Crippen LogP) is 3.88. The van der Waals surface area contributed by atoms with Gasteiger partial charge in [0.1, 0.15) is 17.3 Å². The maximum absolute atomic E-state index is 12.4. The van der Waals surface area contributed by atoms with Gasteiger partial charge in [-0.3, -0.25) is 9.79 Å². The lowest BCUT2D eigenvalue weighted by atomic mass is 10.2. The van der Waals surface area contributed by atoms with Crippen LogP contribution >= 0.6 is 0 Å². The van der Waals surface area contributed by atoms with Gasteiger partial charge in [0, 0.05) is 11.9 Å². The van der Waals surface area contributed by atoms with Crippen LogP contribution < -0.4 is 14.8 Å². The second-order valence-electron chi connectivity index (χ2n) is 5.14. The Bertz CT molecular complexity index is 774. The Morgan fingerprint density at radius 1 is 1.00 bits per heavy atom. The molecule has 0 atom stereocenters. The summed E-state index contributed by atoms with van der Waals surface area (Å²) in [6.07, 6.45) is 1.33. The van der Waals surface area contributed by atoms with Crippen LogP contribution in [0.4, 0.5) is 11.4 Å². The SMILES string of the molecule is COc1ccc(N=C/C(C(=O)Nc2ccc(OC)cc2)=C(\C)O)cc1. The predicted molar refractivity (Wildman–Crippen MR) is 98.1 cm³/mol. The van der Waals surface area contributed by atoms with Gasteiger partial charge in [-0.25, -0.2) is 0 Å². The van der Waals surface area contributed by atoms with Gasteiger partial charge in [-0.15, -0.1) is 0 Å². The van der Waals surface area contributed by atoms with Crippen molar-refractivity contribution in [1.82, 2.24) is 0 Å². The van der Waals surface area contributed by atoms with Crippen molar-refractivity contribution in [2.24, 2.45) is 4.99 Å². The molecule has 25 heavy (non-hydrogen) atoms. The van der Waals surface area contributed by atoms with Crippen molar-refractivity contribution in [3.05, 3.63) is 59.9 Å². The molecule has 0 spiro atoms. The van der Waals surface area contributed by atoms with E-state index in [1.807, 2.05) is 0 Å². The number of methoxy groups -OCH3 is 2. The van der Waals surface area contributed by atoms with Crippen LogP contribution in [0.25, 0.3) is 0 Å². The molecule has 0 aliphatic heterocycles. The fraction of sp³-hybridized carbons (Fsp3) is 0.158. The van der Waals surface area contributed by atoms with E-state index in [1.165, 1.54) is 13.1 Å². The van der Waals surface area contributed by atoms with Crippen LogP contribution in [0.1, 0.15) is 6.92 Å². The van der Waals surface area contributed by atoms with E-state index < -0.39 is 5.91 Å². The summed E-state index contributed by atoms with van der Waals surface area (Å²) in [4.78, 5) is 16.6. The minimum atomic E-state index is -0.456. The average molecular weight is 340 g/mol. The summed E-state index contributed by atoms with van der Waals surface area (Å²) in [5.74, 6) is 0.823. The smallest absolute Gasteiger partial charge is 0.260 e. The number of hydrogen-bond acceptors (Lipinski definition) is 5. The summed E-state index contributed by atoms with van der Waals surface area (Å²) in [6.45, 7) is 1.43. The number of aliphatic imine (C=N–C) groups is 1. The molecule has 130 valence electrons. The van der Waals surface area contributed by atoms with Crippen molar-refractivity contribution in [2.75, 3.05) is 19.5 Å². The molecule has 2 aromatic rings. The Kier molecular flexibility index (Phi) is 6.17. The number of ether oxygens (including phenoxy) is 2. The molecular formula is C19H20N2O4. The first kappa shape index (κ1) is 18.1. The average Bonchev–Trinajstić information content (AvgIpc) is 2.62. The van der Waals surface area contributed by atoms with Crippen molar-refractivity contribution >= 4 is 23.5 Å². The molecule has 2 aromatic carbocycles. The summed E-state index contributed by atoms with van der Waals surface area (Å²) in [6, 6.07) is 13.9. The number of carbonyl (C=O) groups excluding carboxylic acids is 1. The molecule has 0 bridgehead atoms. The van der Waals surface area contributed by atoms with E-state index in [-0.39, 0.29) is 11.3 Å². The molecule has 0 fully saturated rings. The number of nitrogens with one attached hydrogen (secondary N) is 1. The molecule has 0 aromatic heterocycles. The summed E-state index contributed by atoms with van der Waals surface area (Å²) < 4.78 is 10.2. The number of benzene rings is 2. The monoisotopic (exact) mass is 340 g/mol. The summed E-state index contributed by atoms with van der Waals surface area (Å²) in [5, 5.41) is 12.5. The van der Waals surface area contributed by atoms with Crippen LogP contribution in [0.3, 0.4) is 0 Å². The van der Waals surface area contributed by atoms with Crippen LogP contribution in [0, 0.1) is 0 Å². The fourth-order valence-corrected chi connectivity index (χ4v) is 2.00. The number of hydrogen-bond donors (Lipinski definition) is 2. The minimum absolute atomic E-state index is 0.0756. The number of nitrogens with zero attached hydrogens (tertiary/aromatic N) is 1. The summed E-state index contributed by atoms with van der Waals surface area (Å²) in [5.41, 5.74) is 1.30. The fourth-order valence-electron chi connectivity index (χ4n) is 2.00. The Morgan fingerprint density at radius 3 is 2.00 bits per heavy atom. The van der Waals surface area contributed by atoms with E-state index in [0.717, 1.165) is 0 Å². The first-order chi connectivity index (χ1) is 12.0. The van der Waals surface area contributed by atoms with Gasteiger partial charge in [0.2, 0.25) is 0 Å². The third kappa shape index (κ3) is 5.10. The van der Waals surface area contributed by atoms with Crippen molar-refractivity contribution in [3.8, 4) is 11.5 Å². The molecule has 0 heterocycles. The zero-order valence-electron chi connectivity index (χ0n) is 14.3. The highest BCUT2D eigenvalue weighted by Crippen LogP contribution is 2.19. The molecule has 0 unspecified atom stereocenters. The molecule has 2 rings (SSSR count). The Labute approximate surface area is 146 Å². The van der Waals surface area contributed by atoms with Crippen LogP contribution in [0.2, 0.25) is 0 Å². The number of allylic oxidation sites excluding steroid dienone is 1. The third-order valence-electron chi connectivity index (χ3n) is 3.40. The Hall–Kier alpha value is -3.28. The van der Waals surface area contributed by atoms with E-state index in [0.29, 0.717) is 22.9 Å². The molecule has 0 aliphatic carbocycles. The van der Waals surface area contributed by atoms with E-state index in [4.69, 9.17) is 9.47 Å². The third-order valence-corrected chi connectivity index (χ3v) is 3.40. The van der Waals surface area contributed by atoms with Crippen LogP contribution in [-0.4, -0.2) is 31.4 Å². The molecular weight excluding hydrogens is 320 g/mol. The maximum Gasteiger partial charge on any atom is 0.260 e. The first-order valence-corrected chi connectivity index (χ1v) is 7.57. The van der Waals surface area contributed by atoms with Gasteiger partial charge in [0.15, 0.2) is 0 Å². The standard InChI is InChI=1S/C19H20N2O4/c1-13(22)18(12-20-14-4-8-16(24-2)9-5-14)19(23)21-15-6-10-17(25-3)11-7-15/h4-12,22H,1-3H3,(H,21,23)/b18-13-,20-12?. The zero-order chi connectivity index (χ0) is 18.2. The highest BCUT2D eigenvalue weighted by atomic mass is 16.5. The normalized spacial score (nSPS) is 11.8. The first-order valence-electron chi connectivity index (χ1n) is 7.57.